The second-order valence-electron chi connectivity index (χ2n) is 10.3. The van der Waals surface area contributed by atoms with Gasteiger partial charge in [-0.1, -0.05) is 56.7 Å². The van der Waals surface area contributed by atoms with Crippen molar-refractivity contribution in [1.29, 1.82) is 0 Å². The number of sulfonamides is 1. The summed E-state index contributed by atoms with van der Waals surface area (Å²) in [4.78, 5) is 13.1. The van der Waals surface area contributed by atoms with Crippen molar-refractivity contribution < 1.29 is 31.1 Å². The highest BCUT2D eigenvalue weighted by atomic mass is 32.2. The first-order valence-electron chi connectivity index (χ1n) is 12.0. The van der Waals surface area contributed by atoms with Crippen LogP contribution in [0.3, 0.4) is 0 Å². The number of hydrogen-bond donors (Lipinski definition) is 1. The van der Waals surface area contributed by atoms with Gasteiger partial charge in [-0.3, -0.25) is 9.10 Å². The van der Waals surface area contributed by atoms with Crippen LogP contribution in [0.2, 0.25) is 0 Å². The van der Waals surface area contributed by atoms with E-state index in [2.05, 4.69) is 5.32 Å². The van der Waals surface area contributed by atoms with E-state index in [1.807, 2.05) is 33.8 Å². The Labute approximate surface area is 220 Å². The van der Waals surface area contributed by atoms with Gasteiger partial charge < -0.3 is 10.1 Å². The van der Waals surface area contributed by atoms with E-state index in [9.17, 15) is 26.4 Å². The molecule has 0 aromatic heterocycles. The third-order valence-corrected chi connectivity index (χ3v) is 8.11. The van der Waals surface area contributed by atoms with Gasteiger partial charge in [0.1, 0.15) is 5.75 Å². The van der Waals surface area contributed by atoms with Crippen molar-refractivity contribution in [2.24, 2.45) is 0 Å². The predicted octanol–water partition coefficient (Wildman–Crippen LogP) is 5.58. The number of carbonyl (C=O) groups excluding carboxylic acids is 1. The van der Waals surface area contributed by atoms with Gasteiger partial charge in [-0.2, -0.15) is 13.2 Å². The molecule has 1 aliphatic heterocycles. The summed E-state index contributed by atoms with van der Waals surface area (Å²) in [5, 5.41) is 2.58. The average molecular weight is 547 g/mol. The summed E-state index contributed by atoms with van der Waals surface area (Å²) >= 11 is 0. The zero-order valence-corrected chi connectivity index (χ0v) is 22.3. The van der Waals surface area contributed by atoms with Gasteiger partial charge in [0.15, 0.2) is 6.10 Å². The maximum absolute atomic E-state index is 13.7. The first-order chi connectivity index (χ1) is 17.7. The maximum atomic E-state index is 13.7. The van der Waals surface area contributed by atoms with Gasteiger partial charge in [0, 0.05) is 6.54 Å². The standard InChI is InChI=1S/C28H29F3N2O4S/c1-18-8-11-22(12-9-18)38(35,36)33-17-25(37-24-13-10-20(15-23(24)33)27(2,3)4)26(34)32-16-19-6-5-7-21(14-19)28(29,30)31/h5-15,25H,16-17H2,1-4H3,(H,32,34)/t25-/m0/s1. The summed E-state index contributed by atoms with van der Waals surface area (Å²) in [6, 6.07) is 16.3. The number of ether oxygens (including phenoxy) is 1. The van der Waals surface area contributed by atoms with Gasteiger partial charge in [-0.25, -0.2) is 8.42 Å². The number of nitrogens with one attached hydrogen (secondary N) is 1. The number of halogens is 3. The normalized spacial score (nSPS) is 16.0. The summed E-state index contributed by atoms with van der Waals surface area (Å²) in [6.45, 7) is 7.37. The van der Waals surface area contributed by atoms with E-state index in [-0.39, 0.29) is 34.7 Å². The van der Waals surface area contributed by atoms with Gasteiger partial charge in [0.05, 0.1) is 22.7 Å². The van der Waals surface area contributed by atoms with Crippen LogP contribution in [0.25, 0.3) is 0 Å². The lowest BCUT2D eigenvalue weighted by atomic mass is 9.86. The molecule has 1 aliphatic rings. The second kappa shape index (κ2) is 9.98. The molecule has 0 unspecified atom stereocenters. The molecular weight excluding hydrogens is 517 g/mol. The third-order valence-electron chi connectivity index (χ3n) is 6.32. The molecule has 1 atom stereocenters. The van der Waals surface area contributed by atoms with Crippen molar-refractivity contribution >= 4 is 21.6 Å². The molecule has 202 valence electrons. The quantitative estimate of drug-likeness (QED) is 0.453. The highest BCUT2D eigenvalue weighted by Crippen LogP contribution is 2.40. The molecule has 3 aromatic carbocycles. The monoisotopic (exact) mass is 546 g/mol. The highest BCUT2D eigenvalue weighted by Gasteiger charge is 2.38. The van der Waals surface area contributed by atoms with Crippen LogP contribution in [0, 0.1) is 6.92 Å². The topological polar surface area (TPSA) is 75.7 Å². The Morgan fingerprint density at radius 1 is 1.00 bits per heavy atom. The number of amides is 1. The molecule has 0 spiro atoms. The Kier molecular flexibility index (Phi) is 7.22. The van der Waals surface area contributed by atoms with E-state index in [1.165, 1.54) is 28.6 Å². The Morgan fingerprint density at radius 2 is 1.68 bits per heavy atom. The van der Waals surface area contributed by atoms with Crippen molar-refractivity contribution in [2.45, 2.75) is 56.8 Å². The summed E-state index contributed by atoms with van der Waals surface area (Å²) in [5.74, 6) is -0.420. The van der Waals surface area contributed by atoms with Crippen molar-refractivity contribution in [1.82, 2.24) is 5.32 Å². The largest absolute Gasteiger partial charge is 0.476 e. The van der Waals surface area contributed by atoms with E-state index >= 15 is 0 Å². The molecule has 0 fully saturated rings. The number of alkyl halides is 3. The summed E-state index contributed by atoms with van der Waals surface area (Å²) in [5.41, 5.74) is 1.26. The fourth-order valence-electron chi connectivity index (χ4n) is 4.08. The first kappa shape index (κ1) is 27.5. The molecule has 0 radical (unpaired) electrons. The van der Waals surface area contributed by atoms with Crippen LogP contribution in [0.1, 0.15) is 43.0 Å². The fourth-order valence-corrected chi connectivity index (χ4v) is 5.55. The molecule has 10 heteroatoms. The lowest BCUT2D eigenvalue weighted by Gasteiger charge is -2.36. The van der Waals surface area contributed by atoms with Crippen LogP contribution < -0.4 is 14.4 Å². The molecule has 0 aliphatic carbocycles. The van der Waals surface area contributed by atoms with Crippen LogP contribution in [0.15, 0.2) is 71.6 Å². The maximum Gasteiger partial charge on any atom is 0.416 e. The Bertz CT molecular complexity index is 1450. The fraction of sp³-hybridized carbons (Fsp3) is 0.321. The van der Waals surface area contributed by atoms with Crippen LogP contribution in [0.5, 0.6) is 5.75 Å². The molecule has 1 N–H and O–H groups in total. The molecule has 3 aromatic rings. The van der Waals surface area contributed by atoms with Crippen molar-refractivity contribution in [3.8, 4) is 5.75 Å². The smallest absolute Gasteiger partial charge is 0.416 e. The molecule has 1 amide bonds. The first-order valence-corrected chi connectivity index (χ1v) is 13.4. The van der Waals surface area contributed by atoms with E-state index in [4.69, 9.17) is 4.74 Å². The number of carbonyl (C=O) groups is 1. The number of nitrogens with zero attached hydrogens (tertiary/aromatic N) is 1. The lowest BCUT2D eigenvalue weighted by Crippen LogP contribution is -2.50. The summed E-state index contributed by atoms with van der Waals surface area (Å²) in [7, 11) is -4.06. The third kappa shape index (κ3) is 5.80. The van der Waals surface area contributed by atoms with Crippen LogP contribution >= 0.6 is 0 Å². The number of hydrogen-bond acceptors (Lipinski definition) is 4. The predicted molar refractivity (Wildman–Crippen MR) is 139 cm³/mol. The number of anilines is 1. The Morgan fingerprint density at radius 3 is 2.32 bits per heavy atom. The molecule has 4 rings (SSSR count). The second-order valence-corrected chi connectivity index (χ2v) is 12.2. The lowest BCUT2D eigenvalue weighted by molar-refractivity contribution is -0.137. The van der Waals surface area contributed by atoms with Gasteiger partial charge in [0.2, 0.25) is 0 Å². The van der Waals surface area contributed by atoms with Crippen LogP contribution in [0.4, 0.5) is 18.9 Å². The van der Waals surface area contributed by atoms with E-state index in [0.717, 1.165) is 23.3 Å². The van der Waals surface area contributed by atoms with Gasteiger partial charge in [-0.15, -0.1) is 0 Å². The molecule has 0 bridgehead atoms. The zero-order valence-electron chi connectivity index (χ0n) is 21.5. The van der Waals surface area contributed by atoms with E-state index in [1.54, 1.807) is 24.3 Å². The van der Waals surface area contributed by atoms with Gasteiger partial charge >= 0.3 is 6.18 Å². The van der Waals surface area contributed by atoms with E-state index in [0.29, 0.717) is 5.69 Å². The molecule has 38 heavy (non-hydrogen) atoms. The SMILES string of the molecule is Cc1ccc(S(=O)(=O)N2C[C@@H](C(=O)NCc3cccc(C(F)(F)F)c3)Oc3ccc(C(C)(C)C)cc32)cc1. The van der Waals surface area contributed by atoms with E-state index < -0.39 is 33.8 Å². The number of rotatable bonds is 5. The van der Waals surface area contributed by atoms with Gasteiger partial charge in [0.25, 0.3) is 15.9 Å². The number of aryl methyl sites for hydroxylation is 1. The van der Waals surface area contributed by atoms with Crippen molar-refractivity contribution in [2.75, 3.05) is 10.8 Å². The number of benzene rings is 3. The van der Waals surface area contributed by atoms with Crippen LogP contribution in [-0.4, -0.2) is 27.0 Å². The zero-order chi connectivity index (χ0) is 27.9. The minimum absolute atomic E-state index is 0.0697. The molecule has 6 nitrogen and oxygen atoms in total. The van der Waals surface area contributed by atoms with Gasteiger partial charge in [-0.05, 0) is 59.9 Å². The van der Waals surface area contributed by atoms with Crippen molar-refractivity contribution in [3.05, 3.63) is 89.0 Å². The number of fused-ring (bicyclic) bond motifs is 1. The molecule has 0 saturated heterocycles. The Balaban J connectivity index is 1.64. The minimum Gasteiger partial charge on any atom is -0.476 e. The molecule has 1 heterocycles. The van der Waals surface area contributed by atoms with Crippen molar-refractivity contribution in [3.63, 3.8) is 0 Å². The summed E-state index contributed by atoms with van der Waals surface area (Å²) < 4.78 is 73.7. The average Bonchev–Trinajstić information content (AvgIpc) is 2.85. The Hall–Kier alpha value is -3.53. The van der Waals surface area contributed by atoms with Crippen LogP contribution in [-0.2, 0) is 33.0 Å². The highest BCUT2D eigenvalue weighted by molar-refractivity contribution is 7.92. The molecular formula is C28H29F3N2O4S. The molecule has 0 saturated carbocycles. The summed E-state index contributed by atoms with van der Waals surface area (Å²) in [6.07, 6.45) is -5.72. The minimum atomic E-state index is -4.51.